The normalized spacial score (nSPS) is 10.9. The van der Waals surface area contributed by atoms with Crippen LogP contribution in [0.25, 0.3) is 10.8 Å². The third-order valence-electron chi connectivity index (χ3n) is 4.65. The summed E-state index contributed by atoms with van der Waals surface area (Å²) in [5.41, 5.74) is 1.78. The Morgan fingerprint density at radius 2 is 1.71 bits per heavy atom. The molecule has 0 saturated heterocycles. The van der Waals surface area contributed by atoms with Crippen molar-refractivity contribution in [3.8, 4) is 11.5 Å². The molecule has 3 aromatic carbocycles. The van der Waals surface area contributed by atoms with Crippen LogP contribution in [0.3, 0.4) is 0 Å². The lowest BCUT2D eigenvalue weighted by atomic mass is 10.1. The Labute approximate surface area is 193 Å². The minimum atomic E-state index is -0.0408. The summed E-state index contributed by atoms with van der Waals surface area (Å²) in [6.45, 7) is 0. The molecule has 0 unspecified atom stereocenters. The van der Waals surface area contributed by atoms with E-state index in [1.54, 1.807) is 44.2 Å². The fraction of sp³-hybridized carbons (Fsp3) is 0.174. The summed E-state index contributed by atoms with van der Waals surface area (Å²) in [6, 6.07) is 19.9. The van der Waals surface area contributed by atoms with Gasteiger partial charge in [-0.15, -0.1) is 10.2 Å². The van der Waals surface area contributed by atoms with Crippen molar-refractivity contribution in [1.82, 2.24) is 10.2 Å². The average Bonchev–Trinajstić information content (AvgIpc) is 3.28. The first-order chi connectivity index (χ1) is 15.2. The van der Waals surface area contributed by atoms with Crippen molar-refractivity contribution in [3.05, 3.63) is 71.8 Å². The van der Waals surface area contributed by atoms with Crippen molar-refractivity contribution >= 4 is 51.4 Å². The second kappa shape index (κ2) is 10.2. The number of benzene rings is 3. The number of nitrogens with zero attached hydrogens (tertiary/aromatic N) is 2. The Hall–Kier alpha value is -2.55. The molecule has 0 bridgehead atoms. The molecular weight excluding hydrogens is 448 g/mol. The van der Waals surface area contributed by atoms with Gasteiger partial charge in [-0.1, -0.05) is 77.3 Å². The zero-order valence-corrected chi connectivity index (χ0v) is 19.5. The van der Waals surface area contributed by atoms with Gasteiger partial charge in [-0.25, -0.2) is 0 Å². The van der Waals surface area contributed by atoms with E-state index in [1.165, 1.54) is 39.4 Å². The first-order valence-corrected chi connectivity index (χ1v) is 12.3. The molecule has 1 aromatic heterocycles. The maximum absolute atomic E-state index is 12.7. The number of carbonyl (C=O) groups excluding carboxylic acids is 1. The molecule has 0 aliphatic heterocycles. The minimum absolute atomic E-state index is 0.0408. The summed E-state index contributed by atoms with van der Waals surface area (Å²) >= 11 is 4.56. The van der Waals surface area contributed by atoms with Gasteiger partial charge in [0.25, 0.3) is 0 Å². The second-order valence-corrected chi connectivity index (χ2v) is 9.96. The lowest BCUT2D eigenvalue weighted by Crippen LogP contribution is -2.05. The van der Waals surface area contributed by atoms with E-state index in [0.29, 0.717) is 17.1 Å². The highest BCUT2D eigenvalue weighted by Gasteiger charge is 2.16. The largest absolute Gasteiger partial charge is 0.497 e. The molecular formula is C23H20N2O3S3. The smallest absolute Gasteiger partial charge is 0.177 e. The number of ether oxygens (including phenoxy) is 2. The summed E-state index contributed by atoms with van der Waals surface area (Å²) in [5, 5.41) is 11.0. The van der Waals surface area contributed by atoms with Crippen molar-refractivity contribution in [1.29, 1.82) is 0 Å². The van der Waals surface area contributed by atoms with Gasteiger partial charge >= 0.3 is 0 Å². The monoisotopic (exact) mass is 468 g/mol. The zero-order valence-electron chi connectivity index (χ0n) is 17.0. The first-order valence-electron chi connectivity index (χ1n) is 9.49. The highest BCUT2D eigenvalue weighted by molar-refractivity contribution is 8.03. The van der Waals surface area contributed by atoms with Gasteiger partial charge in [0.15, 0.2) is 14.5 Å². The van der Waals surface area contributed by atoms with E-state index in [2.05, 4.69) is 52.7 Å². The van der Waals surface area contributed by atoms with Crippen molar-refractivity contribution in [3.63, 3.8) is 0 Å². The van der Waals surface area contributed by atoms with Gasteiger partial charge in [0, 0.05) is 5.75 Å². The molecule has 0 amide bonds. The van der Waals surface area contributed by atoms with Crippen LogP contribution < -0.4 is 9.47 Å². The summed E-state index contributed by atoms with van der Waals surface area (Å²) in [4.78, 5) is 12.7. The SMILES string of the molecule is COc1ccc(OC)c(C(=O)CSc2nnc(SCc3cccc4ccccc34)s2)c1. The van der Waals surface area contributed by atoms with Crippen LogP contribution in [0.5, 0.6) is 11.5 Å². The summed E-state index contributed by atoms with van der Waals surface area (Å²) in [5.74, 6) is 2.19. The number of fused-ring (bicyclic) bond motifs is 1. The molecule has 158 valence electrons. The molecule has 0 radical (unpaired) electrons. The van der Waals surface area contributed by atoms with Crippen LogP contribution in [0.15, 0.2) is 69.3 Å². The van der Waals surface area contributed by atoms with E-state index in [1.807, 2.05) is 0 Å². The predicted molar refractivity (Wildman–Crippen MR) is 128 cm³/mol. The standard InChI is InChI=1S/C23H20N2O3S3/c1-27-17-10-11-21(28-2)19(12-17)20(26)14-30-23-25-24-22(31-23)29-13-16-8-5-7-15-6-3-4-9-18(15)16/h3-12H,13-14H2,1-2H3. The Kier molecular flexibility index (Phi) is 7.11. The zero-order chi connectivity index (χ0) is 21.6. The lowest BCUT2D eigenvalue weighted by Gasteiger charge is -2.09. The topological polar surface area (TPSA) is 61.3 Å². The van der Waals surface area contributed by atoms with Crippen LogP contribution in [0, 0.1) is 0 Å². The predicted octanol–water partition coefficient (Wildman–Crippen LogP) is 5.98. The Morgan fingerprint density at radius 1 is 0.935 bits per heavy atom. The van der Waals surface area contributed by atoms with Crippen molar-refractivity contribution in [2.24, 2.45) is 0 Å². The molecule has 4 rings (SSSR count). The molecule has 8 heteroatoms. The van der Waals surface area contributed by atoms with Crippen LogP contribution in [-0.4, -0.2) is 36.0 Å². The summed E-state index contributed by atoms with van der Waals surface area (Å²) in [7, 11) is 3.12. The second-order valence-electron chi connectivity index (χ2n) is 6.54. The van der Waals surface area contributed by atoms with E-state index in [-0.39, 0.29) is 11.5 Å². The quantitative estimate of drug-likeness (QED) is 0.221. The number of thioether (sulfide) groups is 2. The Bertz CT molecular complexity index is 1200. The Morgan fingerprint density at radius 3 is 2.52 bits per heavy atom. The van der Waals surface area contributed by atoms with Crippen molar-refractivity contribution < 1.29 is 14.3 Å². The van der Waals surface area contributed by atoms with E-state index in [0.717, 1.165) is 14.4 Å². The van der Waals surface area contributed by atoms with Gasteiger partial charge in [-0.3, -0.25) is 4.79 Å². The molecule has 4 aromatic rings. The molecule has 0 saturated carbocycles. The van der Waals surface area contributed by atoms with E-state index in [9.17, 15) is 4.79 Å². The molecule has 1 heterocycles. The number of hydrogen-bond acceptors (Lipinski definition) is 8. The molecule has 0 spiro atoms. The van der Waals surface area contributed by atoms with Gasteiger partial charge in [0.2, 0.25) is 0 Å². The molecule has 5 nitrogen and oxygen atoms in total. The van der Waals surface area contributed by atoms with Gasteiger partial charge in [0.1, 0.15) is 11.5 Å². The fourth-order valence-electron chi connectivity index (χ4n) is 3.11. The first kappa shape index (κ1) is 21.7. The van der Waals surface area contributed by atoms with Gasteiger partial charge < -0.3 is 9.47 Å². The van der Waals surface area contributed by atoms with Crippen LogP contribution >= 0.6 is 34.9 Å². The van der Waals surface area contributed by atoms with E-state index in [4.69, 9.17) is 9.47 Å². The van der Waals surface area contributed by atoms with Crippen LogP contribution in [-0.2, 0) is 5.75 Å². The van der Waals surface area contributed by atoms with Gasteiger partial charge in [-0.05, 0) is 34.5 Å². The molecule has 0 atom stereocenters. The van der Waals surface area contributed by atoms with Crippen molar-refractivity contribution in [2.45, 2.75) is 14.4 Å². The van der Waals surface area contributed by atoms with Crippen molar-refractivity contribution in [2.75, 3.05) is 20.0 Å². The summed E-state index contributed by atoms with van der Waals surface area (Å²) < 4.78 is 12.2. The number of aromatic nitrogens is 2. The number of Topliss-reactive ketones (excluding diaryl/α,β-unsaturated/α-hetero) is 1. The van der Waals surface area contributed by atoms with Crippen LogP contribution in [0.2, 0.25) is 0 Å². The maximum Gasteiger partial charge on any atom is 0.177 e. The number of ketones is 1. The molecule has 0 N–H and O–H groups in total. The van der Waals surface area contributed by atoms with Crippen LogP contribution in [0.1, 0.15) is 15.9 Å². The number of carbonyl (C=O) groups is 1. The minimum Gasteiger partial charge on any atom is -0.497 e. The molecule has 0 aliphatic carbocycles. The third-order valence-corrected chi connectivity index (χ3v) is 7.89. The number of methoxy groups -OCH3 is 2. The fourth-order valence-corrected chi connectivity index (χ4v) is 6.02. The number of hydrogen-bond donors (Lipinski definition) is 0. The lowest BCUT2D eigenvalue weighted by molar-refractivity contribution is 0.101. The Balaban J connectivity index is 1.38. The highest BCUT2D eigenvalue weighted by atomic mass is 32.2. The summed E-state index contributed by atoms with van der Waals surface area (Å²) in [6.07, 6.45) is 0. The van der Waals surface area contributed by atoms with Gasteiger partial charge in [-0.2, -0.15) is 0 Å². The van der Waals surface area contributed by atoms with E-state index < -0.39 is 0 Å². The van der Waals surface area contributed by atoms with Crippen LogP contribution in [0.4, 0.5) is 0 Å². The molecule has 31 heavy (non-hydrogen) atoms. The van der Waals surface area contributed by atoms with Gasteiger partial charge in [0.05, 0.1) is 25.5 Å². The molecule has 0 aliphatic rings. The molecule has 0 fully saturated rings. The third kappa shape index (κ3) is 5.20. The number of rotatable bonds is 9. The highest BCUT2D eigenvalue weighted by Crippen LogP contribution is 2.33. The maximum atomic E-state index is 12.7. The van der Waals surface area contributed by atoms with E-state index >= 15 is 0 Å². The average molecular weight is 469 g/mol.